The fourth-order valence-corrected chi connectivity index (χ4v) is 3.55. The Balaban J connectivity index is 2.00. The van der Waals surface area contributed by atoms with E-state index < -0.39 is 0 Å². The first kappa shape index (κ1) is 16.2. The molecule has 0 radical (unpaired) electrons. The van der Waals surface area contributed by atoms with Gasteiger partial charge in [-0.3, -0.25) is 9.80 Å². The highest BCUT2D eigenvalue weighted by atomic mass is 15.3. The van der Waals surface area contributed by atoms with E-state index in [1.807, 2.05) is 0 Å². The summed E-state index contributed by atoms with van der Waals surface area (Å²) in [6.07, 6.45) is 2.46. The third-order valence-electron chi connectivity index (χ3n) is 5.51. The largest absolute Gasteiger partial charge is 0.309 e. The predicted octanol–water partition coefficient (Wildman–Crippen LogP) is 1.08. The molecule has 2 fully saturated rings. The Kier molecular flexibility index (Phi) is 5.46. The van der Waals surface area contributed by atoms with E-state index in [9.17, 15) is 0 Å². The molecule has 4 heteroatoms. The molecule has 0 spiro atoms. The van der Waals surface area contributed by atoms with Crippen LogP contribution in [-0.2, 0) is 0 Å². The van der Waals surface area contributed by atoms with Crippen LogP contribution in [0.2, 0.25) is 0 Å². The molecule has 2 aliphatic heterocycles. The molecule has 2 rings (SSSR count). The zero-order chi connectivity index (χ0) is 14.8. The molecular weight excluding hydrogens is 248 g/mol. The molecule has 0 aromatic rings. The fraction of sp³-hybridized carbons (Fsp3) is 1.00. The van der Waals surface area contributed by atoms with Crippen LogP contribution in [0.1, 0.15) is 33.6 Å². The van der Waals surface area contributed by atoms with Gasteiger partial charge in [0.15, 0.2) is 0 Å². The molecule has 0 amide bonds. The second-order valence-corrected chi connectivity index (χ2v) is 7.18. The third-order valence-corrected chi connectivity index (χ3v) is 5.51. The van der Waals surface area contributed by atoms with Crippen LogP contribution in [-0.4, -0.2) is 85.7 Å². The van der Waals surface area contributed by atoms with Crippen LogP contribution in [0.3, 0.4) is 0 Å². The lowest BCUT2D eigenvalue weighted by atomic mass is 9.92. The van der Waals surface area contributed by atoms with E-state index in [2.05, 4.69) is 54.9 Å². The quantitative estimate of drug-likeness (QED) is 0.833. The van der Waals surface area contributed by atoms with Crippen LogP contribution in [0, 0.1) is 0 Å². The van der Waals surface area contributed by atoms with Crippen molar-refractivity contribution in [1.82, 2.24) is 20.0 Å². The zero-order valence-corrected chi connectivity index (χ0v) is 14.2. The summed E-state index contributed by atoms with van der Waals surface area (Å²) in [6, 6.07) is 1.39. The van der Waals surface area contributed by atoms with Crippen molar-refractivity contribution in [3.8, 4) is 0 Å². The Morgan fingerprint density at radius 1 is 1.15 bits per heavy atom. The molecule has 0 bridgehead atoms. The molecule has 3 atom stereocenters. The molecule has 2 aliphatic rings. The third kappa shape index (κ3) is 3.73. The Bertz CT molecular complexity index is 309. The van der Waals surface area contributed by atoms with E-state index in [-0.39, 0.29) is 0 Å². The van der Waals surface area contributed by atoms with Crippen molar-refractivity contribution in [3.05, 3.63) is 0 Å². The number of likely N-dealkylation sites (N-methyl/N-ethyl adjacent to an activating group) is 2. The van der Waals surface area contributed by atoms with Crippen LogP contribution in [0.25, 0.3) is 0 Å². The maximum absolute atomic E-state index is 3.77. The lowest BCUT2D eigenvalue weighted by Crippen LogP contribution is -2.65. The van der Waals surface area contributed by atoms with Gasteiger partial charge in [-0.05, 0) is 33.9 Å². The number of nitrogens with one attached hydrogen (secondary N) is 1. The summed E-state index contributed by atoms with van der Waals surface area (Å²) >= 11 is 0. The van der Waals surface area contributed by atoms with Gasteiger partial charge < -0.3 is 10.2 Å². The minimum absolute atomic E-state index is 0.296. The minimum atomic E-state index is 0.296. The lowest BCUT2D eigenvalue weighted by molar-refractivity contribution is 0.0300. The second-order valence-electron chi connectivity index (χ2n) is 7.18. The van der Waals surface area contributed by atoms with Crippen molar-refractivity contribution >= 4 is 0 Å². The molecule has 0 aromatic carbocycles. The molecule has 0 saturated carbocycles. The van der Waals surface area contributed by atoms with Crippen LogP contribution in [0.15, 0.2) is 0 Å². The molecule has 0 aromatic heterocycles. The highest BCUT2D eigenvalue weighted by molar-refractivity contribution is 4.96. The van der Waals surface area contributed by atoms with Gasteiger partial charge in [-0.25, -0.2) is 0 Å². The maximum Gasteiger partial charge on any atom is 0.0347 e. The number of piperazine rings is 2. The normalized spacial score (nSPS) is 38.2. The SMILES string of the molecule is CCC1CNC(C)(CC)CN1CC1CN(C)CCN1C. The van der Waals surface area contributed by atoms with Gasteiger partial charge in [-0.1, -0.05) is 13.8 Å². The average Bonchev–Trinajstić information content (AvgIpc) is 2.43. The first-order valence-corrected chi connectivity index (χ1v) is 8.35. The van der Waals surface area contributed by atoms with Crippen molar-refractivity contribution in [2.45, 2.75) is 51.2 Å². The van der Waals surface area contributed by atoms with Crippen LogP contribution < -0.4 is 5.32 Å². The fourth-order valence-electron chi connectivity index (χ4n) is 3.55. The van der Waals surface area contributed by atoms with Crippen LogP contribution in [0.5, 0.6) is 0 Å². The number of hydrogen-bond donors (Lipinski definition) is 1. The van der Waals surface area contributed by atoms with Crippen LogP contribution >= 0.6 is 0 Å². The lowest BCUT2D eigenvalue weighted by Gasteiger charge is -2.49. The van der Waals surface area contributed by atoms with Crippen molar-refractivity contribution < 1.29 is 0 Å². The highest BCUT2D eigenvalue weighted by Gasteiger charge is 2.35. The molecule has 0 aliphatic carbocycles. The summed E-state index contributed by atoms with van der Waals surface area (Å²) in [5.41, 5.74) is 0.296. The van der Waals surface area contributed by atoms with E-state index in [0.29, 0.717) is 17.6 Å². The van der Waals surface area contributed by atoms with Gasteiger partial charge in [-0.2, -0.15) is 0 Å². The minimum Gasteiger partial charge on any atom is -0.309 e. The second kappa shape index (κ2) is 6.73. The summed E-state index contributed by atoms with van der Waals surface area (Å²) in [6.45, 7) is 14.2. The van der Waals surface area contributed by atoms with Crippen molar-refractivity contribution in [1.29, 1.82) is 0 Å². The van der Waals surface area contributed by atoms with Gasteiger partial charge in [0.25, 0.3) is 0 Å². The predicted molar refractivity (Wildman–Crippen MR) is 86.3 cm³/mol. The van der Waals surface area contributed by atoms with E-state index >= 15 is 0 Å². The van der Waals surface area contributed by atoms with Crippen LogP contribution in [0.4, 0.5) is 0 Å². The van der Waals surface area contributed by atoms with Gasteiger partial charge in [0.05, 0.1) is 0 Å². The molecule has 3 unspecified atom stereocenters. The zero-order valence-electron chi connectivity index (χ0n) is 14.2. The Hall–Kier alpha value is -0.160. The topological polar surface area (TPSA) is 21.8 Å². The number of nitrogens with zero attached hydrogens (tertiary/aromatic N) is 3. The summed E-state index contributed by atoms with van der Waals surface area (Å²) in [5, 5.41) is 3.77. The van der Waals surface area contributed by atoms with Crippen molar-refractivity contribution in [3.63, 3.8) is 0 Å². The molecule has 4 nitrogen and oxygen atoms in total. The maximum atomic E-state index is 3.77. The molecule has 2 heterocycles. The van der Waals surface area contributed by atoms with E-state index in [1.54, 1.807) is 0 Å². The van der Waals surface area contributed by atoms with E-state index in [4.69, 9.17) is 0 Å². The summed E-state index contributed by atoms with van der Waals surface area (Å²) in [7, 11) is 4.55. The smallest absolute Gasteiger partial charge is 0.0347 e. The van der Waals surface area contributed by atoms with E-state index in [0.717, 1.165) is 6.54 Å². The van der Waals surface area contributed by atoms with Crippen molar-refractivity contribution in [2.24, 2.45) is 0 Å². The highest BCUT2D eigenvalue weighted by Crippen LogP contribution is 2.21. The van der Waals surface area contributed by atoms with Gasteiger partial charge >= 0.3 is 0 Å². The Morgan fingerprint density at radius 3 is 2.55 bits per heavy atom. The Morgan fingerprint density at radius 2 is 1.90 bits per heavy atom. The Labute approximate surface area is 125 Å². The number of rotatable bonds is 4. The number of hydrogen-bond acceptors (Lipinski definition) is 4. The molecule has 2 saturated heterocycles. The van der Waals surface area contributed by atoms with Gasteiger partial charge in [0.2, 0.25) is 0 Å². The molecular formula is C16H34N4. The first-order valence-electron chi connectivity index (χ1n) is 8.35. The summed E-state index contributed by atoms with van der Waals surface area (Å²) < 4.78 is 0. The first-order chi connectivity index (χ1) is 9.47. The molecule has 118 valence electrons. The standard InChI is InChI=1S/C16H34N4/c1-6-14-10-17-16(3,7-2)13-20(14)12-15-11-18(4)8-9-19(15)5/h14-15,17H,6-13H2,1-5H3. The molecule has 20 heavy (non-hydrogen) atoms. The van der Waals surface area contributed by atoms with Gasteiger partial charge in [0.1, 0.15) is 0 Å². The van der Waals surface area contributed by atoms with E-state index in [1.165, 1.54) is 45.6 Å². The monoisotopic (exact) mass is 282 g/mol. The van der Waals surface area contributed by atoms with Gasteiger partial charge in [0, 0.05) is 56.9 Å². The van der Waals surface area contributed by atoms with Gasteiger partial charge in [-0.15, -0.1) is 0 Å². The summed E-state index contributed by atoms with van der Waals surface area (Å²) in [5.74, 6) is 0. The van der Waals surface area contributed by atoms with Crippen molar-refractivity contribution in [2.75, 3.05) is 53.4 Å². The summed E-state index contributed by atoms with van der Waals surface area (Å²) in [4.78, 5) is 7.78. The average molecular weight is 282 g/mol. The molecule has 1 N–H and O–H groups in total.